The highest BCUT2D eigenvalue weighted by Gasteiger charge is 2.39. The summed E-state index contributed by atoms with van der Waals surface area (Å²) in [6.07, 6.45) is 4.62. The SMILES string of the molecule is CCc1cc2c(cc1C#Cc1cnc(CC(=O)O)cn1)C(C)(C)CC(C)(C)O2. The fourth-order valence-electron chi connectivity index (χ4n) is 3.93. The van der Waals surface area contributed by atoms with Gasteiger partial charge in [0.2, 0.25) is 0 Å². The van der Waals surface area contributed by atoms with Crippen molar-refractivity contribution >= 4 is 5.97 Å². The van der Waals surface area contributed by atoms with E-state index in [2.05, 4.69) is 68.6 Å². The summed E-state index contributed by atoms with van der Waals surface area (Å²) in [6.45, 7) is 10.8. The summed E-state index contributed by atoms with van der Waals surface area (Å²) in [7, 11) is 0. The molecule has 0 saturated heterocycles. The predicted octanol–water partition coefficient (Wildman–Crippen LogP) is 3.90. The molecule has 5 heteroatoms. The first kappa shape index (κ1) is 19.9. The lowest BCUT2D eigenvalue weighted by Gasteiger charge is -2.42. The van der Waals surface area contributed by atoms with Gasteiger partial charge >= 0.3 is 5.97 Å². The number of aromatic nitrogens is 2. The van der Waals surface area contributed by atoms with Crippen LogP contribution in [-0.4, -0.2) is 26.6 Å². The summed E-state index contributed by atoms with van der Waals surface area (Å²) in [5.41, 5.74) is 4.02. The maximum Gasteiger partial charge on any atom is 0.309 e. The molecule has 5 nitrogen and oxygen atoms in total. The van der Waals surface area contributed by atoms with Crippen LogP contribution in [0.15, 0.2) is 24.5 Å². The Bertz CT molecular complexity index is 964. The number of rotatable bonds is 3. The number of hydrogen-bond donors (Lipinski definition) is 1. The van der Waals surface area contributed by atoms with E-state index in [4.69, 9.17) is 9.84 Å². The average Bonchev–Trinajstić information content (AvgIpc) is 2.58. The summed E-state index contributed by atoms with van der Waals surface area (Å²) in [5, 5.41) is 8.81. The highest BCUT2D eigenvalue weighted by atomic mass is 16.5. The summed E-state index contributed by atoms with van der Waals surface area (Å²) >= 11 is 0. The van der Waals surface area contributed by atoms with Crippen LogP contribution in [0.5, 0.6) is 5.75 Å². The number of carbonyl (C=O) groups is 1. The number of fused-ring (bicyclic) bond motifs is 1. The molecule has 0 bridgehead atoms. The summed E-state index contributed by atoms with van der Waals surface area (Å²) < 4.78 is 6.24. The minimum atomic E-state index is -0.928. The topological polar surface area (TPSA) is 72.3 Å². The molecule has 1 aliphatic rings. The Hall–Kier alpha value is -2.87. The molecular weight excluding hydrogens is 352 g/mol. The Morgan fingerprint density at radius 2 is 1.93 bits per heavy atom. The lowest BCUT2D eigenvalue weighted by atomic mass is 9.73. The van der Waals surface area contributed by atoms with Crippen LogP contribution in [0.3, 0.4) is 0 Å². The normalized spacial score (nSPS) is 16.3. The van der Waals surface area contributed by atoms with Gasteiger partial charge in [0.25, 0.3) is 0 Å². The first-order valence-electron chi connectivity index (χ1n) is 9.51. The Morgan fingerprint density at radius 3 is 2.54 bits per heavy atom. The van der Waals surface area contributed by atoms with Crippen molar-refractivity contribution in [2.24, 2.45) is 0 Å². The third-order valence-corrected chi connectivity index (χ3v) is 4.93. The zero-order chi connectivity index (χ0) is 20.5. The number of ether oxygens (including phenoxy) is 1. The van der Waals surface area contributed by atoms with Crippen molar-refractivity contribution in [2.75, 3.05) is 0 Å². The first-order valence-corrected chi connectivity index (χ1v) is 9.51. The second-order valence-electron chi connectivity index (χ2n) is 8.49. The van der Waals surface area contributed by atoms with Crippen LogP contribution in [0, 0.1) is 11.8 Å². The maximum absolute atomic E-state index is 10.7. The number of carboxylic acids is 1. The highest BCUT2D eigenvalue weighted by molar-refractivity contribution is 5.69. The fourth-order valence-corrected chi connectivity index (χ4v) is 3.93. The number of carboxylic acid groups (broad SMARTS) is 1. The summed E-state index contributed by atoms with van der Waals surface area (Å²) in [6, 6.07) is 4.26. The van der Waals surface area contributed by atoms with Crippen molar-refractivity contribution in [1.29, 1.82) is 0 Å². The van der Waals surface area contributed by atoms with Crippen LogP contribution in [0.4, 0.5) is 0 Å². The minimum Gasteiger partial charge on any atom is -0.488 e. The first-order chi connectivity index (χ1) is 13.1. The van der Waals surface area contributed by atoms with E-state index >= 15 is 0 Å². The van der Waals surface area contributed by atoms with Gasteiger partial charge in [-0.3, -0.25) is 9.78 Å². The van der Waals surface area contributed by atoms with E-state index in [0.29, 0.717) is 11.4 Å². The van der Waals surface area contributed by atoms with Gasteiger partial charge in [-0.25, -0.2) is 4.98 Å². The van der Waals surface area contributed by atoms with Crippen LogP contribution < -0.4 is 4.74 Å². The number of hydrogen-bond acceptors (Lipinski definition) is 4. The Morgan fingerprint density at radius 1 is 1.18 bits per heavy atom. The van der Waals surface area contributed by atoms with Crippen LogP contribution in [-0.2, 0) is 23.1 Å². The molecule has 0 unspecified atom stereocenters. The molecule has 0 spiro atoms. The van der Waals surface area contributed by atoms with Crippen LogP contribution in [0.2, 0.25) is 0 Å². The average molecular weight is 378 g/mol. The molecule has 0 fully saturated rings. The number of aryl methyl sites for hydroxylation is 1. The third kappa shape index (κ3) is 4.33. The molecule has 0 saturated carbocycles. The van der Waals surface area contributed by atoms with Gasteiger partial charge < -0.3 is 9.84 Å². The van der Waals surface area contributed by atoms with Gasteiger partial charge in [-0.2, -0.15) is 0 Å². The quantitative estimate of drug-likeness (QED) is 0.820. The van der Waals surface area contributed by atoms with E-state index in [-0.39, 0.29) is 17.4 Å². The van der Waals surface area contributed by atoms with Crippen molar-refractivity contribution in [2.45, 2.75) is 64.9 Å². The molecule has 0 amide bonds. The van der Waals surface area contributed by atoms with Crippen molar-refractivity contribution in [1.82, 2.24) is 9.97 Å². The lowest BCUT2D eigenvalue weighted by Crippen LogP contribution is -2.41. The molecule has 1 aliphatic heterocycles. The van der Waals surface area contributed by atoms with E-state index in [0.717, 1.165) is 29.7 Å². The smallest absolute Gasteiger partial charge is 0.309 e. The highest BCUT2D eigenvalue weighted by Crippen LogP contribution is 2.45. The van der Waals surface area contributed by atoms with Gasteiger partial charge in [0.1, 0.15) is 17.0 Å². The molecule has 1 aromatic heterocycles. The van der Waals surface area contributed by atoms with Crippen molar-refractivity contribution < 1.29 is 14.6 Å². The predicted molar refractivity (Wildman–Crippen MR) is 108 cm³/mol. The van der Waals surface area contributed by atoms with Gasteiger partial charge in [-0.05, 0) is 55.7 Å². The molecule has 0 atom stereocenters. The zero-order valence-corrected chi connectivity index (χ0v) is 17.1. The Balaban J connectivity index is 1.96. The number of nitrogens with zero attached hydrogens (tertiary/aromatic N) is 2. The van der Waals surface area contributed by atoms with Gasteiger partial charge in [-0.1, -0.05) is 26.7 Å². The molecule has 1 aromatic carbocycles. The van der Waals surface area contributed by atoms with Gasteiger partial charge in [-0.15, -0.1) is 0 Å². The van der Waals surface area contributed by atoms with Crippen LogP contribution >= 0.6 is 0 Å². The van der Waals surface area contributed by atoms with Crippen LogP contribution in [0.1, 0.15) is 69.1 Å². The molecule has 28 heavy (non-hydrogen) atoms. The molecule has 3 rings (SSSR count). The van der Waals surface area contributed by atoms with Gasteiger partial charge in [0.15, 0.2) is 0 Å². The molecule has 2 heterocycles. The molecule has 0 radical (unpaired) electrons. The van der Waals surface area contributed by atoms with E-state index < -0.39 is 5.97 Å². The Kier molecular flexibility index (Phi) is 5.16. The van der Waals surface area contributed by atoms with E-state index in [1.165, 1.54) is 18.0 Å². The Labute approximate surface area is 166 Å². The van der Waals surface area contributed by atoms with Crippen molar-refractivity contribution in [3.63, 3.8) is 0 Å². The second-order valence-corrected chi connectivity index (χ2v) is 8.49. The fraction of sp³-hybridized carbons (Fsp3) is 0.435. The van der Waals surface area contributed by atoms with E-state index in [1.54, 1.807) is 0 Å². The number of aliphatic carboxylic acids is 1. The van der Waals surface area contributed by atoms with Gasteiger partial charge in [0.05, 0.1) is 24.5 Å². The monoisotopic (exact) mass is 378 g/mol. The molecule has 2 aromatic rings. The largest absolute Gasteiger partial charge is 0.488 e. The zero-order valence-electron chi connectivity index (χ0n) is 17.1. The lowest BCUT2D eigenvalue weighted by molar-refractivity contribution is -0.136. The second kappa shape index (κ2) is 7.27. The molecule has 146 valence electrons. The summed E-state index contributed by atoms with van der Waals surface area (Å²) in [4.78, 5) is 19.1. The standard InChI is InChI=1S/C23H26N2O3/c1-6-15-10-20-19(22(2,3)14-23(4,5)28-20)9-16(15)7-8-17-12-25-18(13-24-17)11-21(26)27/h9-10,12-13H,6,11,14H2,1-5H3,(H,26,27). The summed E-state index contributed by atoms with van der Waals surface area (Å²) in [5.74, 6) is 6.30. The van der Waals surface area contributed by atoms with E-state index in [1.807, 2.05) is 0 Å². The minimum absolute atomic E-state index is 0.00191. The maximum atomic E-state index is 10.7. The third-order valence-electron chi connectivity index (χ3n) is 4.93. The molecule has 1 N–H and O–H groups in total. The number of benzene rings is 1. The van der Waals surface area contributed by atoms with Crippen molar-refractivity contribution in [3.8, 4) is 17.6 Å². The molecular formula is C23H26N2O3. The molecule has 0 aliphatic carbocycles. The van der Waals surface area contributed by atoms with Crippen LogP contribution in [0.25, 0.3) is 0 Å². The van der Waals surface area contributed by atoms with Gasteiger partial charge in [0, 0.05) is 11.1 Å². The van der Waals surface area contributed by atoms with Crippen molar-refractivity contribution in [3.05, 3.63) is 52.6 Å². The van der Waals surface area contributed by atoms with E-state index in [9.17, 15) is 4.79 Å².